The summed E-state index contributed by atoms with van der Waals surface area (Å²) in [4.78, 5) is 14.8. The van der Waals surface area contributed by atoms with Crippen LogP contribution in [-0.2, 0) is 4.74 Å². The van der Waals surface area contributed by atoms with Gasteiger partial charge in [0, 0.05) is 12.5 Å². The lowest BCUT2D eigenvalue weighted by molar-refractivity contribution is -0.0955. The lowest BCUT2D eigenvalue weighted by Gasteiger charge is -2.48. The van der Waals surface area contributed by atoms with Crippen molar-refractivity contribution < 1.29 is 24.5 Å². The second kappa shape index (κ2) is 9.92. The third-order valence-electron chi connectivity index (χ3n) is 5.97. The van der Waals surface area contributed by atoms with Gasteiger partial charge in [0.2, 0.25) is 0 Å². The molecular formula is C26H35NO5. The fraction of sp³-hybridized carbons (Fsp3) is 0.500. The van der Waals surface area contributed by atoms with Crippen LogP contribution in [0.1, 0.15) is 63.1 Å². The fourth-order valence-corrected chi connectivity index (χ4v) is 4.67. The number of para-hydroxylation sites is 1. The van der Waals surface area contributed by atoms with Gasteiger partial charge in [-0.25, -0.2) is 4.79 Å². The Kier molecular flexibility index (Phi) is 7.47. The highest BCUT2D eigenvalue weighted by atomic mass is 16.6. The minimum absolute atomic E-state index is 0.142. The van der Waals surface area contributed by atoms with Gasteiger partial charge >= 0.3 is 6.09 Å². The summed E-state index contributed by atoms with van der Waals surface area (Å²) in [6.45, 7) is 5.86. The number of nitrogens with zero attached hydrogens (tertiary/aromatic N) is 1. The molecule has 3 rings (SSSR count). The lowest BCUT2D eigenvalue weighted by Crippen LogP contribution is -2.54. The van der Waals surface area contributed by atoms with Gasteiger partial charge in [0.05, 0.1) is 25.4 Å². The molecule has 2 aromatic rings. The molecule has 6 nitrogen and oxygen atoms in total. The predicted molar refractivity (Wildman–Crippen MR) is 124 cm³/mol. The largest absolute Gasteiger partial charge is 0.496 e. The standard InChI is InChI=1S/C26H35NO5/c1-25(2,3)32-24(29)27-16-10-15-26(30,23(27)19-11-6-5-7-12-19)17-20(18-28)21-13-8-9-14-22(21)31-4/h5-9,11-14,20,23,28,30H,10,15-18H2,1-4H3/t20-,23?,26?/m1/s1. The van der Waals surface area contributed by atoms with E-state index in [9.17, 15) is 15.0 Å². The van der Waals surface area contributed by atoms with E-state index >= 15 is 0 Å². The van der Waals surface area contributed by atoms with E-state index in [2.05, 4.69) is 0 Å². The molecule has 1 aliphatic heterocycles. The number of likely N-dealkylation sites (tertiary alicyclic amines) is 1. The van der Waals surface area contributed by atoms with Crippen molar-refractivity contribution >= 4 is 6.09 Å². The van der Waals surface area contributed by atoms with Gasteiger partial charge in [-0.05, 0) is 57.2 Å². The van der Waals surface area contributed by atoms with Crippen LogP contribution in [0, 0.1) is 0 Å². The second-order valence-corrected chi connectivity index (χ2v) is 9.52. The van der Waals surface area contributed by atoms with E-state index in [1.54, 1.807) is 12.0 Å². The van der Waals surface area contributed by atoms with Crippen molar-refractivity contribution in [2.75, 3.05) is 20.3 Å². The molecular weight excluding hydrogens is 406 g/mol. The summed E-state index contributed by atoms with van der Waals surface area (Å²) in [7, 11) is 1.60. The molecule has 0 spiro atoms. The van der Waals surface area contributed by atoms with Crippen LogP contribution in [-0.4, -0.2) is 52.7 Å². The van der Waals surface area contributed by atoms with E-state index in [1.165, 1.54) is 0 Å². The SMILES string of the molecule is COc1ccccc1[C@@H](CO)CC1(O)CCCN(C(=O)OC(C)(C)C)C1c1ccccc1. The Labute approximate surface area is 190 Å². The lowest BCUT2D eigenvalue weighted by atomic mass is 9.74. The first-order chi connectivity index (χ1) is 15.2. The maximum absolute atomic E-state index is 13.1. The van der Waals surface area contributed by atoms with Gasteiger partial charge in [-0.1, -0.05) is 48.5 Å². The van der Waals surface area contributed by atoms with Crippen LogP contribution in [0.5, 0.6) is 5.75 Å². The molecule has 2 unspecified atom stereocenters. The number of aliphatic hydroxyl groups is 2. The maximum Gasteiger partial charge on any atom is 0.410 e. The van der Waals surface area contributed by atoms with E-state index in [1.807, 2.05) is 75.4 Å². The predicted octanol–water partition coefficient (Wildman–Crippen LogP) is 4.66. The van der Waals surface area contributed by atoms with Crippen molar-refractivity contribution in [3.63, 3.8) is 0 Å². The molecule has 3 atom stereocenters. The van der Waals surface area contributed by atoms with E-state index in [4.69, 9.17) is 9.47 Å². The van der Waals surface area contributed by atoms with Gasteiger partial charge in [-0.2, -0.15) is 0 Å². The Morgan fingerprint density at radius 3 is 2.44 bits per heavy atom. The summed E-state index contributed by atoms with van der Waals surface area (Å²) < 4.78 is 11.2. The van der Waals surface area contributed by atoms with Crippen LogP contribution in [0.15, 0.2) is 54.6 Å². The van der Waals surface area contributed by atoms with E-state index in [0.717, 1.165) is 11.1 Å². The Balaban J connectivity index is 2.00. The van der Waals surface area contributed by atoms with Crippen LogP contribution >= 0.6 is 0 Å². The van der Waals surface area contributed by atoms with Crippen molar-refractivity contribution in [2.45, 2.75) is 63.2 Å². The van der Waals surface area contributed by atoms with Gasteiger partial charge in [0.15, 0.2) is 0 Å². The van der Waals surface area contributed by atoms with Gasteiger partial charge < -0.3 is 19.7 Å². The minimum Gasteiger partial charge on any atom is -0.496 e. The quantitative estimate of drug-likeness (QED) is 0.681. The summed E-state index contributed by atoms with van der Waals surface area (Å²) in [6.07, 6.45) is 0.992. The Morgan fingerprint density at radius 1 is 1.16 bits per heavy atom. The first-order valence-electron chi connectivity index (χ1n) is 11.2. The normalized spacial score (nSPS) is 22.3. The number of ether oxygens (including phenoxy) is 2. The zero-order chi connectivity index (χ0) is 23.4. The highest BCUT2D eigenvalue weighted by molar-refractivity contribution is 5.69. The van der Waals surface area contributed by atoms with Crippen molar-refractivity contribution in [3.05, 3.63) is 65.7 Å². The van der Waals surface area contributed by atoms with Gasteiger partial charge in [0.1, 0.15) is 11.4 Å². The zero-order valence-corrected chi connectivity index (χ0v) is 19.5. The van der Waals surface area contributed by atoms with Gasteiger partial charge in [-0.15, -0.1) is 0 Å². The average Bonchev–Trinajstić information content (AvgIpc) is 2.76. The molecule has 6 heteroatoms. The molecule has 1 heterocycles. The molecule has 2 aromatic carbocycles. The van der Waals surface area contributed by atoms with Gasteiger partial charge in [-0.3, -0.25) is 4.90 Å². The van der Waals surface area contributed by atoms with E-state index in [-0.39, 0.29) is 18.9 Å². The second-order valence-electron chi connectivity index (χ2n) is 9.52. The molecule has 1 aliphatic rings. The molecule has 2 N–H and O–H groups in total. The highest BCUT2D eigenvalue weighted by Gasteiger charge is 2.48. The first kappa shape index (κ1) is 24.1. The van der Waals surface area contributed by atoms with Crippen LogP contribution in [0.3, 0.4) is 0 Å². The van der Waals surface area contributed by atoms with Gasteiger partial charge in [0.25, 0.3) is 0 Å². The number of piperidine rings is 1. The molecule has 1 amide bonds. The Bertz CT molecular complexity index is 895. The summed E-state index contributed by atoms with van der Waals surface area (Å²) in [5, 5.41) is 22.3. The summed E-state index contributed by atoms with van der Waals surface area (Å²) in [5.74, 6) is 0.326. The highest BCUT2D eigenvalue weighted by Crippen LogP contribution is 2.46. The molecule has 1 saturated heterocycles. The number of methoxy groups -OCH3 is 1. The number of benzene rings is 2. The van der Waals surface area contributed by atoms with Crippen LogP contribution in [0.2, 0.25) is 0 Å². The smallest absolute Gasteiger partial charge is 0.410 e. The van der Waals surface area contributed by atoms with E-state index < -0.39 is 23.3 Å². The van der Waals surface area contributed by atoms with Crippen molar-refractivity contribution in [1.29, 1.82) is 0 Å². The number of hydrogen-bond acceptors (Lipinski definition) is 5. The number of aliphatic hydroxyl groups excluding tert-OH is 1. The molecule has 32 heavy (non-hydrogen) atoms. The summed E-state index contributed by atoms with van der Waals surface area (Å²) in [6, 6.07) is 16.5. The monoisotopic (exact) mass is 441 g/mol. The molecule has 1 fully saturated rings. The fourth-order valence-electron chi connectivity index (χ4n) is 4.67. The van der Waals surface area contributed by atoms with Crippen molar-refractivity contribution in [3.8, 4) is 5.75 Å². The van der Waals surface area contributed by atoms with Crippen molar-refractivity contribution in [1.82, 2.24) is 4.90 Å². The third-order valence-corrected chi connectivity index (χ3v) is 5.97. The van der Waals surface area contributed by atoms with Crippen LogP contribution in [0.25, 0.3) is 0 Å². The van der Waals surface area contributed by atoms with Crippen LogP contribution < -0.4 is 4.74 Å². The molecule has 0 aliphatic carbocycles. The minimum atomic E-state index is -1.25. The molecule has 0 bridgehead atoms. The average molecular weight is 442 g/mol. The topological polar surface area (TPSA) is 79.2 Å². The molecule has 174 valence electrons. The molecule has 0 saturated carbocycles. The maximum atomic E-state index is 13.1. The summed E-state index contributed by atoms with van der Waals surface area (Å²) >= 11 is 0. The molecule has 0 aromatic heterocycles. The first-order valence-corrected chi connectivity index (χ1v) is 11.2. The van der Waals surface area contributed by atoms with Crippen LogP contribution in [0.4, 0.5) is 4.79 Å². The summed E-state index contributed by atoms with van der Waals surface area (Å²) in [5.41, 5.74) is -0.201. The Morgan fingerprint density at radius 2 is 1.81 bits per heavy atom. The zero-order valence-electron chi connectivity index (χ0n) is 19.5. The number of hydrogen-bond donors (Lipinski definition) is 2. The number of carbonyl (C=O) groups excluding carboxylic acids is 1. The number of carbonyl (C=O) groups is 1. The molecule has 0 radical (unpaired) electrons. The van der Waals surface area contributed by atoms with E-state index in [0.29, 0.717) is 25.1 Å². The Hall–Kier alpha value is -2.57. The van der Waals surface area contributed by atoms with Crippen molar-refractivity contribution in [2.24, 2.45) is 0 Å². The third kappa shape index (κ3) is 5.43. The number of rotatable bonds is 6. The number of amides is 1.